The predicted octanol–water partition coefficient (Wildman–Crippen LogP) is 2.59. The SMILES string of the molecule is CCNCc1ccnc(N(C)Cc2csc(C)n2)c1. The summed E-state index contributed by atoms with van der Waals surface area (Å²) >= 11 is 1.69. The average molecular weight is 276 g/mol. The molecule has 0 unspecified atom stereocenters. The molecule has 0 amide bonds. The minimum Gasteiger partial charge on any atom is -0.354 e. The van der Waals surface area contributed by atoms with Gasteiger partial charge in [-0.25, -0.2) is 9.97 Å². The first-order valence-electron chi connectivity index (χ1n) is 6.47. The Hall–Kier alpha value is -1.46. The summed E-state index contributed by atoms with van der Waals surface area (Å²) in [5.41, 5.74) is 2.36. The lowest BCUT2D eigenvalue weighted by molar-refractivity contribution is 0.725. The molecule has 2 heterocycles. The first-order chi connectivity index (χ1) is 9.19. The van der Waals surface area contributed by atoms with Crippen LogP contribution in [0.15, 0.2) is 23.7 Å². The van der Waals surface area contributed by atoms with Crippen LogP contribution in [0.3, 0.4) is 0 Å². The fraction of sp³-hybridized carbons (Fsp3) is 0.429. The molecule has 4 nitrogen and oxygen atoms in total. The van der Waals surface area contributed by atoms with Gasteiger partial charge in [-0.15, -0.1) is 11.3 Å². The molecule has 0 bridgehead atoms. The van der Waals surface area contributed by atoms with Crippen LogP contribution in [0.4, 0.5) is 5.82 Å². The van der Waals surface area contributed by atoms with Crippen LogP contribution in [0.25, 0.3) is 0 Å². The van der Waals surface area contributed by atoms with E-state index in [0.29, 0.717) is 0 Å². The van der Waals surface area contributed by atoms with E-state index in [-0.39, 0.29) is 0 Å². The number of nitrogens with zero attached hydrogens (tertiary/aromatic N) is 3. The van der Waals surface area contributed by atoms with Gasteiger partial charge in [0.05, 0.1) is 17.2 Å². The Bertz CT molecular complexity index is 524. The summed E-state index contributed by atoms with van der Waals surface area (Å²) in [6.45, 7) is 6.80. The van der Waals surface area contributed by atoms with Crippen molar-refractivity contribution in [2.75, 3.05) is 18.5 Å². The summed E-state index contributed by atoms with van der Waals surface area (Å²) in [5.74, 6) is 0.987. The summed E-state index contributed by atoms with van der Waals surface area (Å²) in [7, 11) is 2.05. The maximum atomic E-state index is 4.48. The van der Waals surface area contributed by atoms with Crippen LogP contribution in [0.1, 0.15) is 23.2 Å². The molecule has 0 saturated heterocycles. The molecular formula is C14H20N4S. The Balaban J connectivity index is 2.03. The Morgan fingerprint density at radius 1 is 1.42 bits per heavy atom. The molecule has 0 aliphatic carbocycles. The summed E-state index contributed by atoms with van der Waals surface area (Å²) in [6.07, 6.45) is 1.87. The van der Waals surface area contributed by atoms with Crippen LogP contribution in [-0.2, 0) is 13.1 Å². The van der Waals surface area contributed by atoms with Crippen molar-refractivity contribution < 1.29 is 0 Å². The second-order valence-corrected chi connectivity index (χ2v) is 5.58. The van der Waals surface area contributed by atoms with E-state index in [1.54, 1.807) is 11.3 Å². The fourth-order valence-electron chi connectivity index (χ4n) is 1.85. The van der Waals surface area contributed by atoms with Crippen molar-refractivity contribution in [2.45, 2.75) is 26.9 Å². The van der Waals surface area contributed by atoms with Crippen molar-refractivity contribution in [2.24, 2.45) is 0 Å². The van der Waals surface area contributed by atoms with Crippen molar-refractivity contribution >= 4 is 17.2 Å². The van der Waals surface area contributed by atoms with Gasteiger partial charge < -0.3 is 10.2 Å². The molecule has 5 heteroatoms. The number of thiazole rings is 1. The molecule has 0 aliphatic rings. The second kappa shape index (κ2) is 6.63. The number of aromatic nitrogens is 2. The van der Waals surface area contributed by atoms with E-state index in [9.17, 15) is 0 Å². The molecule has 102 valence electrons. The highest BCUT2D eigenvalue weighted by Gasteiger charge is 2.06. The second-order valence-electron chi connectivity index (χ2n) is 4.52. The Morgan fingerprint density at radius 2 is 2.26 bits per heavy atom. The molecule has 0 fully saturated rings. The lowest BCUT2D eigenvalue weighted by Crippen LogP contribution is -2.19. The number of nitrogens with one attached hydrogen (secondary N) is 1. The summed E-state index contributed by atoms with van der Waals surface area (Å²) in [6, 6.07) is 4.18. The third-order valence-electron chi connectivity index (χ3n) is 2.85. The number of hydrogen-bond acceptors (Lipinski definition) is 5. The van der Waals surface area contributed by atoms with Gasteiger partial charge in [0.1, 0.15) is 5.82 Å². The molecular weight excluding hydrogens is 256 g/mol. The van der Waals surface area contributed by atoms with Crippen molar-refractivity contribution in [3.8, 4) is 0 Å². The van der Waals surface area contributed by atoms with E-state index in [0.717, 1.165) is 36.2 Å². The smallest absolute Gasteiger partial charge is 0.128 e. The lowest BCUT2D eigenvalue weighted by Gasteiger charge is -2.17. The van der Waals surface area contributed by atoms with E-state index in [1.807, 2.05) is 26.2 Å². The zero-order valence-corrected chi connectivity index (χ0v) is 12.5. The molecule has 0 saturated carbocycles. The molecule has 0 spiro atoms. The van der Waals surface area contributed by atoms with E-state index < -0.39 is 0 Å². The van der Waals surface area contributed by atoms with Gasteiger partial charge in [0.25, 0.3) is 0 Å². The third-order valence-corrected chi connectivity index (χ3v) is 3.67. The quantitative estimate of drug-likeness (QED) is 0.880. The van der Waals surface area contributed by atoms with Gasteiger partial charge in [0, 0.05) is 25.2 Å². The van der Waals surface area contributed by atoms with Gasteiger partial charge in [-0.3, -0.25) is 0 Å². The summed E-state index contributed by atoms with van der Waals surface area (Å²) < 4.78 is 0. The van der Waals surface area contributed by atoms with Crippen LogP contribution in [-0.4, -0.2) is 23.6 Å². The van der Waals surface area contributed by atoms with Crippen LogP contribution in [0, 0.1) is 6.92 Å². The van der Waals surface area contributed by atoms with Gasteiger partial charge in [-0.05, 0) is 31.2 Å². The number of rotatable bonds is 6. The lowest BCUT2D eigenvalue weighted by atomic mass is 10.2. The zero-order valence-electron chi connectivity index (χ0n) is 11.7. The summed E-state index contributed by atoms with van der Waals surface area (Å²) in [4.78, 5) is 11.0. The first kappa shape index (κ1) is 14.0. The Labute approximate surface area is 118 Å². The molecule has 2 aromatic heterocycles. The molecule has 0 radical (unpaired) electrons. The molecule has 0 aromatic carbocycles. The van der Waals surface area contributed by atoms with Gasteiger partial charge in [0.2, 0.25) is 0 Å². The van der Waals surface area contributed by atoms with Gasteiger partial charge >= 0.3 is 0 Å². The number of pyridine rings is 1. The Morgan fingerprint density at radius 3 is 2.95 bits per heavy atom. The van der Waals surface area contributed by atoms with Crippen LogP contribution >= 0.6 is 11.3 Å². The minimum atomic E-state index is 0.794. The average Bonchev–Trinajstić information content (AvgIpc) is 2.82. The first-order valence-corrected chi connectivity index (χ1v) is 7.34. The largest absolute Gasteiger partial charge is 0.354 e. The van der Waals surface area contributed by atoms with E-state index in [1.165, 1.54) is 5.56 Å². The molecule has 19 heavy (non-hydrogen) atoms. The highest BCUT2D eigenvalue weighted by molar-refractivity contribution is 7.09. The van der Waals surface area contributed by atoms with E-state index >= 15 is 0 Å². The standard InChI is InChI=1S/C14H20N4S/c1-4-15-8-12-5-6-16-14(7-12)18(3)9-13-10-19-11(2)17-13/h5-7,10,15H,4,8-9H2,1-3H3. The predicted molar refractivity (Wildman–Crippen MR) is 80.6 cm³/mol. The van der Waals surface area contributed by atoms with Crippen LogP contribution in [0.2, 0.25) is 0 Å². The monoisotopic (exact) mass is 276 g/mol. The highest BCUT2D eigenvalue weighted by Crippen LogP contribution is 2.15. The third kappa shape index (κ3) is 4.01. The van der Waals surface area contributed by atoms with Gasteiger partial charge in [-0.1, -0.05) is 6.92 Å². The van der Waals surface area contributed by atoms with Crippen molar-refractivity contribution in [3.05, 3.63) is 40.0 Å². The molecule has 2 aromatic rings. The van der Waals surface area contributed by atoms with Crippen molar-refractivity contribution in [1.29, 1.82) is 0 Å². The molecule has 0 aliphatic heterocycles. The van der Waals surface area contributed by atoms with Crippen LogP contribution < -0.4 is 10.2 Å². The number of hydrogen-bond donors (Lipinski definition) is 1. The van der Waals surface area contributed by atoms with Crippen LogP contribution in [0.5, 0.6) is 0 Å². The number of aryl methyl sites for hydroxylation is 1. The fourth-order valence-corrected chi connectivity index (χ4v) is 2.46. The Kier molecular flexibility index (Phi) is 4.87. The van der Waals surface area contributed by atoms with Gasteiger partial charge in [0.15, 0.2) is 0 Å². The van der Waals surface area contributed by atoms with Crippen molar-refractivity contribution in [3.63, 3.8) is 0 Å². The summed E-state index contributed by atoms with van der Waals surface area (Å²) in [5, 5.41) is 6.54. The molecule has 2 rings (SSSR count). The minimum absolute atomic E-state index is 0.794. The molecule has 0 atom stereocenters. The maximum Gasteiger partial charge on any atom is 0.128 e. The zero-order chi connectivity index (χ0) is 13.7. The number of anilines is 1. The van der Waals surface area contributed by atoms with E-state index in [2.05, 4.69) is 38.6 Å². The van der Waals surface area contributed by atoms with Gasteiger partial charge in [-0.2, -0.15) is 0 Å². The molecule has 1 N–H and O–H groups in total. The topological polar surface area (TPSA) is 41.1 Å². The maximum absolute atomic E-state index is 4.48. The van der Waals surface area contributed by atoms with E-state index in [4.69, 9.17) is 0 Å². The highest BCUT2D eigenvalue weighted by atomic mass is 32.1. The normalized spacial score (nSPS) is 10.7. The van der Waals surface area contributed by atoms with Crippen molar-refractivity contribution in [1.82, 2.24) is 15.3 Å².